The maximum Gasteiger partial charge on any atom is 0.416 e. The van der Waals surface area contributed by atoms with Crippen LogP contribution in [0.25, 0.3) is 10.9 Å². The van der Waals surface area contributed by atoms with Crippen LogP contribution in [-0.4, -0.2) is 63.4 Å². The van der Waals surface area contributed by atoms with Crippen molar-refractivity contribution in [1.82, 2.24) is 19.8 Å². The fraction of sp³-hybridized carbons (Fsp3) is 0.625. The summed E-state index contributed by atoms with van der Waals surface area (Å²) in [7, 11) is 2.17. The third-order valence-electron chi connectivity index (χ3n) is 7.40. The van der Waals surface area contributed by atoms with Gasteiger partial charge in [-0.2, -0.15) is 13.2 Å². The number of hydrogen-bond acceptors (Lipinski definition) is 5. The second kappa shape index (κ2) is 9.08. The van der Waals surface area contributed by atoms with Crippen molar-refractivity contribution < 1.29 is 18.0 Å². The Morgan fingerprint density at radius 2 is 1.94 bits per heavy atom. The van der Waals surface area contributed by atoms with Gasteiger partial charge in [0.25, 0.3) is 0 Å². The summed E-state index contributed by atoms with van der Waals surface area (Å²) in [6, 6.07) is 4.10. The molecule has 0 bridgehead atoms. The molecule has 9 heteroatoms. The first kappa shape index (κ1) is 23.7. The first-order chi connectivity index (χ1) is 15.6. The number of anilines is 1. The number of nitrogens with zero attached hydrogens (tertiary/aromatic N) is 4. The Morgan fingerprint density at radius 1 is 1.18 bits per heavy atom. The normalized spacial score (nSPS) is 26.6. The summed E-state index contributed by atoms with van der Waals surface area (Å²) in [4.78, 5) is 25.9. The second-order valence-electron chi connectivity index (χ2n) is 9.74. The lowest BCUT2D eigenvalue weighted by Crippen LogP contribution is -2.50. The van der Waals surface area contributed by atoms with Gasteiger partial charge in [0.15, 0.2) is 0 Å². The Bertz CT molecular complexity index is 1010. The minimum absolute atomic E-state index is 0.00116. The van der Waals surface area contributed by atoms with E-state index in [-0.39, 0.29) is 23.2 Å². The summed E-state index contributed by atoms with van der Waals surface area (Å²) in [5, 5.41) is 3.39. The van der Waals surface area contributed by atoms with Crippen molar-refractivity contribution in [3.8, 4) is 0 Å². The van der Waals surface area contributed by atoms with Gasteiger partial charge in [-0.15, -0.1) is 0 Å². The van der Waals surface area contributed by atoms with E-state index in [0.717, 1.165) is 31.4 Å². The molecule has 1 N–H and O–H groups in total. The van der Waals surface area contributed by atoms with Crippen LogP contribution in [0.5, 0.6) is 0 Å². The van der Waals surface area contributed by atoms with Crippen LogP contribution in [0.1, 0.15) is 52.0 Å². The summed E-state index contributed by atoms with van der Waals surface area (Å²) in [6.07, 6.45) is 0.526. The zero-order valence-electron chi connectivity index (χ0n) is 19.6. The van der Waals surface area contributed by atoms with E-state index in [1.54, 1.807) is 0 Å². The lowest BCUT2D eigenvalue weighted by atomic mass is 9.81. The number of rotatable bonds is 5. The molecule has 1 saturated carbocycles. The van der Waals surface area contributed by atoms with Crippen LogP contribution in [0.4, 0.5) is 19.0 Å². The number of carbonyl (C=O) groups is 1. The quantitative estimate of drug-likeness (QED) is 0.705. The van der Waals surface area contributed by atoms with Gasteiger partial charge in [-0.25, -0.2) is 9.97 Å². The van der Waals surface area contributed by atoms with Crippen molar-refractivity contribution in [1.29, 1.82) is 0 Å². The van der Waals surface area contributed by atoms with E-state index in [0.29, 0.717) is 36.5 Å². The molecule has 2 aromatic rings. The van der Waals surface area contributed by atoms with E-state index in [1.807, 2.05) is 4.90 Å². The number of amides is 1. The van der Waals surface area contributed by atoms with Crippen molar-refractivity contribution in [2.24, 2.45) is 5.92 Å². The molecule has 2 heterocycles. The van der Waals surface area contributed by atoms with Crippen molar-refractivity contribution >= 4 is 22.6 Å². The number of hydrogen-bond donors (Lipinski definition) is 1. The Morgan fingerprint density at radius 3 is 2.61 bits per heavy atom. The van der Waals surface area contributed by atoms with Crippen molar-refractivity contribution in [2.75, 3.05) is 18.9 Å². The molecule has 1 amide bonds. The highest BCUT2D eigenvalue weighted by Crippen LogP contribution is 2.35. The van der Waals surface area contributed by atoms with Crippen LogP contribution in [0.2, 0.25) is 0 Å². The van der Waals surface area contributed by atoms with E-state index in [2.05, 4.69) is 48.0 Å². The number of carbonyl (C=O) groups excluding carboxylic acids is 1. The molecule has 2 aliphatic rings. The molecule has 1 saturated heterocycles. The number of nitrogens with one attached hydrogen (secondary N) is 1. The van der Waals surface area contributed by atoms with Gasteiger partial charge in [-0.1, -0.05) is 6.92 Å². The summed E-state index contributed by atoms with van der Waals surface area (Å²) < 4.78 is 39.6. The molecule has 1 aliphatic carbocycles. The fourth-order valence-electron chi connectivity index (χ4n) is 5.28. The molecule has 33 heavy (non-hydrogen) atoms. The number of benzene rings is 1. The Balaban J connectivity index is 1.48. The fourth-order valence-corrected chi connectivity index (χ4v) is 5.28. The highest BCUT2D eigenvalue weighted by atomic mass is 19.4. The summed E-state index contributed by atoms with van der Waals surface area (Å²) in [6.45, 7) is 7.26. The van der Waals surface area contributed by atoms with Crippen molar-refractivity contribution in [2.45, 2.75) is 76.8 Å². The maximum atomic E-state index is 13.3. The van der Waals surface area contributed by atoms with E-state index in [1.165, 1.54) is 12.4 Å². The van der Waals surface area contributed by atoms with E-state index >= 15 is 0 Å². The zero-order chi connectivity index (χ0) is 23.9. The smallest absolute Gasteiger partial charge is 0.358 e. The lowest BCUT2D eigenvalue weighted by molar-refractivity contribution is -0.137. The average molecular weight is 464 g/mol. The molecule has 0 spiro atoms. The first-order valence-corrected chi connectivity index (χ1v) is 11.7. The van der Waals surface area contributed by atoms with Gasteiger partial charge in [-0.3, -0.25) is 4.79 Å². The third-order valence-corrected chi connectivity index (χ3v) is 7.40. The third kappa shape index (κ3) is 4.78. The van der Waals surface area contributed by atoms with Crippen molar-refractivity contribution in [3.63, 3.8) is 0 Å². The number of halogens is 3. The van der Waals surface area contributed by atoms with E-state index in [4.69, 9.17) is 0 Å². The molecule has 1 aliphatic heterocycles. The lowest BCUT2D eigenvalue weighted by Gasteiger charge is -2.43. The Hall–Kier alpha value is -2.42. The van der Waals surface area contributed by atoms with Crippen LogP contribution in [-0.2, 0) is 11.0 Å². The average Bonchev–Trinajstić information content (AvgIpc) is 3.12. The topological polar surface area (TPSA) is 61.4 Å². The molecular formula is C24H32F3N5O. The minimum Gasteiger partial charge on any atom is -0.358 e. The molecule has 6 nitrogen and oxygen atoms in total. The Kier molecular flexibility index (Phi) is 6.53. The molecule has 1 aromatic heterocycles. The van der Waals surface area contributed by atoms with Gasteiger partial charge < -0.3 is 15.1 Å². The molecular weight excluding hydrogens is 431 g/mol. The molecule has 2 fully saturated rings. The predicted octanol–water partition coefficient (Wildman–Crippen LogP) is 4.56. The van der Waals surface area contributed by atoms with Gasteiger partial charge in [-0.05, 0) is 70.7 Å². The largest absolute Gasteiger partial charge is 0.416 e. The monoisotopic (exact) mass is 463 g/mol. The SMILES string of the molecule is CC(C)N(C)[C@@H]1CC[C@H](N2CC[C@H](Nc3ncnc4ccc(C(F)(F)F)cc34)C2=O)[C@H](C)C1. The molecule has 4 rings (SSSR count). The number of likely N-dealkylation sites (tertiary alicyclic amines) is 1. The molecule has 0 unspecified atom stereocenters. The Labute approximate surface area is 192 Å². The van der Waals surface area contributed by atoms with Crippen LogP contribution in [0.3, 0.4) is 0 Å². The zero-order valence-corrected chi connectivity index (χ0v) is 19.6. The second-order valence-corrected chi connectivity index (χ2v) is 9.74. The number of alkyl halides is 3. The van der Waals surface area contributed by atoms with Crippen LogP contribution >= 0.6 is 0 Å². The standard InChI is InChI=1S/C24H32F3N5O/c1-14(2)31(4)17-6-8-21(15(3)11-17)32-10-9-20(23(32)33)30-22-18-12-16(24(25,26)27)5-7-19(18)28-13-29-22/h5,7,12-15,17,20-21H,6,8-11H2,1-4H3,(H,28,29,30)/t15-,17-,20+,21+/m1/s1. The van der Waals surface area contributed by atoms with Gasteiger partial charge in [0.2, 0.25) is 5.91 Å². The maximum absolute atomic E-state index is 13.3. The molecule has 0 radical (unpaired) electrons. The van der Waals surface area contributed by atoms with Crippen LogP contribution in [0, 0.1) is 5.92 Å². The summed E-state index contributed by atoms with van der Waals surface area (Å²) in [5.74, 6) is 0.657. The predicted molar refractivity (Wildman–Crippen MR) is 122 cm³/mol. The number of aromatic nitrogens is 2. The summed E-state index contributed by atoms with van der Waals surface area (Å²) >= 11 is 0. The van der Waals surface area contributed by atoms with Gasteiger partial charge in [0, 0.05) is 30.1 Å². The highest BCUT2D eigenvalue weighted by molar-refractivity contribution is 5.93. The highest BCUT2D eigenvalue weighted by Gasteiger charge is 2.41. The summed E-state index contributed by atoms with van der Waals surface area (Å²) in [5.41, 5.74) is -0.354. The molecule has 1 aromatic carbocycles. The van der Waals surface area contributed by atoms with E-state index in [9.17, 15) is 18.0 Å². The van der Waals surface area contributed by atoms with Crippen molar-refractivity contribution in [3.05, 3.63) is 30.1 Å². The van der Waals surface area contributed by atoms with Gasteiger partial charge in [0.05, 0.1) is 11.1 Å². The van der Waals surface area contributed by atoms with Gasteiger partial charge in [0.1, 0.15) is 18.2 Å². The number of fused-ring (bicyclic) bond motifs is 1. The minimum atomic E-state index is -4.46. The van der Waals surface area contributed by atoms with Crippen LogP contribution < -0.4 is 5.32 Å². The van der Waals surface area contributed by atoms with E-state index < -0.39 is 17.8 Å². The molecule has 180 valence electrons. The van der Waals surface area contributed by atoms with Crippen LogP contribution in [0.15, 0.2) is 24.5 Å². The first-order valence-electron chi connectivity index (χ1n) is 11.7. The molecule has 4 atom stereocenters. The van der Waals surface area contributed by atoms with Gasteiger partial charge >= 0.3 is 6.18 Å².